The molecule has 5 heteroatoms. The number of hydrogen-bond donors (Lipinski definition) is 1. The fraction of sp³-hybridized carbons (Fsp3) is 0.467. The van der Waals surface area contributed by atoms with Crippen molar-refractivity contribution in [3.05, 3.63) is 46.0 Å². The van der Waals surface area contributed by atoms with Gasteiger partial charge in [-0.15, -0.1) is 0 Å². The van der Waals surface area contributed by atoms with Gasteiger partial charge in [-0.05, 0) is 30.9 Å². The van der Waals surface area contributed by atoms with Crippen molar-refractivity contribution >= 4 is 15.9 Å². The fourth-order valence-corrected chi connectivity index (χ4v) is 3.82. The number of rotatable bonds is 3. The molecule has 2 aliphatic heterocycles. The SMILES string of the molecule is Brc1ccccc1Cc1noc(C2CC3CCC2N3)n1. The fourth-order valence-electron chi connectivity index (χ4n) is 3.40. The summed E-state index contributed by atoms with van der Waals surface area (Å²) in [4.78, 5) is 4.61. The maximum absolute atomic E-state index is 5.50. The van der Waals surface area contributed by atoms with E-state index in [-0.39, 0.29) is 0 Å². The van der Waals surface area contributed by atoms with Gasteiger partial charge in [0, 0.05) is 23.0 Å². The van der Waals surface area contributed by atoms with Crippen LogP contribution in [0.15, 0.2) is 33.3 Å². The summed E-state index contributed by atoms with van der Waals surface area (Å²) in [6.07, 6.45) is 4.37. The van der Waals surface area contributed by atoms with E-state index in [1.807, 2.05) is 18.2 Å². The third-order valence-corrected chi connectivity index (χ3v) is 5.18. The van der Waals surface area contributed by atoms with Crippen molar-refractivity contribution in [3.63, 3.8) is 0 Å². The van der Waals surface area contributed by atoms with Crippen LogP contribution < -0.4 is 5.32 Å². The van der Waals surface area contributed by atoms with Crippen LogP contribution in [0.2, 0.25) is 0 Å². The van der Waals surface area contributed by atoms with E-state index >= 15 is 0 Å². The van der Waals surface area contributed by atoms with Gasteiger partial charge >= 0.3 is 0 Å². The quantitative estimate of drug-likeness (QED) is 0.937. The first-order valence-electron chi connectivity index (χ1n) is 7.11. The van der Waals surface area contributed by atoms with Gasteiger partial charge in [-0.1, -0.05) is 39.3 Å². The maximum Gasteiger partial charge on any atom is 0.231 e. The molecule has 2 aromatic rings. The molecule has 2 aliphatic rings. The van der Waals surface area contributed by atoms with Crippen molar-refractivity contribution in [3.8, 4) is 0 Å². The third-order valence-electron chi connectivity index (χ3n) is 4.41. The molecule has 2 saturated heterocycles. The Balaban J connectivity index is 1.52. The second kappa shape index (κ2) is 4.97. The Kier molecular flexibility index (Phi) is 3.11. The monoisotopic (exact) mass is 333 g/mol. The van der Waals surface area contributed by atoms with Gasteiger partial charge in [0.25, 0.3) is 0 Å². The van der Waals surface area contributed by atoms with Crippen LogP contribution in [0.5, 0.6) is 0 Å². The van der Waals surface area contributed by atoms with Crippen LogP contribution in [0.1, 0.15) is 42.5 Å². The van der Waals surface area contributed by atoms with E-state index < -0.39 is 0 Å². The molecule has 1 aromatic heterocycles. The van der Waals surface area contributed by atoms with Gasteiger partial charge < -0.3 is 9.84 Å². The number of aromatic nitrogens is 2. The zero-order valence-corrected chi connectivity index (χ0v) is 12.6. The summed E-state index contributed by atoms with van der Waals surface area (Å²) < 4.78 is 6.59. The zero-order valence-electron chi connectivity index (χ0n) is 11.1. The minimum atomic E-state index is 0.411. The number of nitrogens with one attached hydrogen (secondary N) is 1. The van der Waals surface area contributed by atoms with Crippen molar-refractivity contribution in [1.29, 1.82) is 0 Å². The summed E-state index contributed by atoms with van der Waals surface area (Å²) in [6, 6.07) is 9.35. The average molecular weight is 334 g/mol. The molecular weight excluding hydrogens is 318 g/mol. The molecule has 3 atom stereocenters. The van der Waals surface area contributed by atoms with Crippen molar-refractivity contribution in [1.82, 2.24) is 15.5 Å². The predicted molar refractivity (Wildman–Crippen MR) is 78.5 cm³/mol. The molecule has 20 heavy (non-hydrogen) atoms. The zero-order chi connectivity index (χ0) is 13.5. The second-order valence-corrected chi connectivity index (χ2v) is 6.56. The van der Waals surface area contributed by atoms with Gasteiger partial charge in [0.2, 0.25) is 5.89 Å². The van der Waals surface area contributed by atoms with Crippen LogP contribution >= 0.6 is 15.9 Å². The molecule has 1 aromatic carbocycles. The maximum atomic E-state index is 5.50. The topological polar surface area (TPSA) is 51.0 Å². The van der Waals surface area contributed by atoms with Crippen LogP contribution in [0, 0.1) is 0 Å². The molecular formula is C15H16BrN3O. The van der Waals surface area contributed by atoms with Crippen molar-refractivity contribution < 1.29 is 4.52 Å². The van der Waals surface area contributed by atoms with Crippen LogP contribution in [0.4, 0.5) is 0 Å². The predicted octanol–water partition coefficient (Wildman–Crippen LogP) is 3.03. The van der Waals surface area contributed by atoms with Gasteiger partial charge in [-0.25, -0.2) is 0 Å². The highest BCUT2D eigenvalue weighted by molar-refractivity contribution is 9.10. The largest absolute Gasteiger partial charge is 0.339 e. The van der Waals surface area contributed by atoms with Crippen molar-refractivity contribution in [2.75, 3.05) is 0 Å². The Hall–Kier alpha value is -1.20. The Morgan fingerprint density at radius 3 is 2.95 bits per heavy atom. The van der Waals surface area contributed by atoms with Gasteiger partial charge in [0.15, 0.2) is 5.82 Å². The van der Waals surface area contributed by atoms with Crippen LogP contribution in [-0.2, 0) is 6.42 Å². The first kappa shape index (κ1) is 12.5. The first-order chi connectivity index (χ1) is 9.79. The summed E-state index contributed by atoms with van der Waals surface area (Å²) in [5.74, 6) is 2.00. The molecule has 1 N–H and O–H groups in total. The lowest BCUT2D eigenvalue weighted by Crippen LogP contribution is -2.21. The highest BCUT2D eigenvalue weighted by Crippen LogP contribution is 2.39. The van der Waals surface area contributed by atoms with Gasteiger partial charge in [-0.2, -0.15) is 4.98 Å². The highest BCUT2D eigenvalue weighted by atomic mass is 79.9. The minimum Gasteiger partial charge on any atom is -0.339 e. The van der Waals surface area contributed by atoms with E-state index in [9.17, 15) is 0 Å². The summed E-state index contributed by atoms with van der Waals surface area (Å²) in [5.41, 5.74) is 1.19. The molecule has 0 radical (unpaired) electrons. The van der Waals surface area contributed by atoms with E-state index in [4.69, 9.17) is 4.52 Å². The van der Waals surface area contributed by atoms with Gasteiger partial charge in [-0.3, -0.25) is 0 Å². The van der Waals surface area contributed by atoms with Crippen LogP contribution in [0.3, 0.4) is 0 Å². The minimum absolute atomic E-state index is 0.411. The van der Waals surface area contributed by atoms with E-state index in [0.29, 0.717) is 24.4 Å². The van der Waals surface area contributed by atoms with Crippen molar-refractivity contribution in [2.45, 2.75) is 43.7 Å². The highest BCUT2D eigenvalue weighted by Gasteiger charge is 2.42. The smallest absolute Gasteiger partial charge is 0.231 e. The molecule has 104 valence electrons. The van der Waals surface area contributed by atoms with E-state index in [0.717, 1.165) is 22.6 Å². The Labute approximate surface area is 126 Å². The Morgan fingerprint density at radius 1 is 1.30 bits per heavy atom. The van der Waals surface area contributed by atoms with E-state index in [1.54, 1.807) is 0 Å². The number of hydrogen-bond acceptors (Lipinski definition) is 4. The number of benzene rings is 1. The number of nitrogens with zero attached hydrogens (tertiary/aromatic N) is 2. The summed E-state index contributed by atoms with van der Waals surface area (Å²) in [5, 5.41) is 7.76. The molecule has 0 saturated carbocycles. The van der Waals surface area contributed by atoms with Crippen molar-refractivity contribution in [2.24, 2.45) is 0 Å². The summed E-state index contributed by atoms with van der Waals surface area (Å²) >= 11 is 3.56. The average Bonchev–Trinajstić information content (AvgIpc) is 3.16. The van der Waals surface area contributed by atoms with E-state index in [1.165, 1.54) is 18.4 Å². The Bertz CT molecular complexity index is 627. The molecule has 4 nitrogen and oxygen atoms in total. The molecule has 0 spiro atoms. The molecule has 3 heterocycles. The lowest BCUT2D eigenvalue weighted by atomic mass is 9.89. The van der Waals surface area contributed by atoms with Crippen LogP contribution in [-0.4, -0.2) is 22.2 Å². The lowest BCUT2D eigenvalue weighted by Gasteiger charge is -2.15. The third kappa shape index (κ3) is 2.19. The summed E-state index contributed by atoms with van der Waals surface area (Å²) in [7, 11) is 0. The summed E-state index contributed by atoms with van der Waals surface area (Å²) in [6.45, 7) is 0. The second-order valence-electron chi connectivity index (χ2n) is 5.71. The Morgan fingerprint density at radius 2 is 2.20 bits per heavy atom. The first-order valence-corrected chi connectivity index (χ1v) is 7.91. The van der Waals surface area contributed by atoms with Crippen LogP contribution in [0.25, 0.3) is 0 Å². The molecule has 3 unspecified atom stereocenters. The van der Waals surface area contributed by atoms with E-state index in [2.05, 4.69) is 37.5 Å². The molecule has 0 aliphatic carbocycles. The number of halogens is 1. The normalized spacial score (nSPS) is 28.1. The van der Waals surface area contributed by atoms with Gasteiger partial charge in [0.05, 0.1) is 5.92 Å². The lowest BCUT2D eigenvalue weighted by molar-refractivity contribution is 0.327. The molecule has 2 fully saturated rings. The molecule has 2 bridgehead atoms. The number of fused-ring (bicyclic) bond motifs is 2. The molecule has 4 rings (SSSR count). The van der Waals surface area contributed by atoms with Gasteiger partial charge in [0.1, 0.15) is 0 Å². The molecule has 0 amide bonds. The standard InChI is InChI=1S/C15H16BrN3O/c16-12-4-2-1-3-9(12)7-14-18-15(20-19-14)11-8-10-5-6-13(11)17-10/h1-4,10-11,13,17H,5-8H2.